The van der Waals surface area contributed by atoms with E-state index in [2.05, 4.69) is 15.0 Å². The minimum absolute atomic E-state index is 0.109. The molecule has 27 heavy (non-hydrogen) atoms. The highest BCUT2D eigenvalue weighted by atomic mass is 19.4. The van der Waals surface area contributed by atoms with E-state index >= 15 is 0 Å². The lowest BCUT2D eigenvalue weighted by Crippen LogP contribution is -2.24. The van der Waals surface area contributed by atoms with Gasteiger partial charge in [-0.1, -0.05) is 18.2 Å². The second kappa shape index (κ2) is 8.26. The summed E-state index contributed by atoms with van der Waals surface area (Å²) >= 11 is 0. The molecule has 0 spiro atoms. The molecule has 1 N–H and O–H groups in total. The monoisotopic (exact) mass is 382 g/mol. The van der Waals surface area contributed by atoms with Crippen LogP contribution in [-0.2, 0) is 11.3 Å². The van der Waals surface area contributed by atoms with Crippen LogP contribution in [0.5, 0.6) is 11.6 Å². The van der Waals surface area contributed by atoms with Gasteiger partial charge in [0.05, 0.1) is 13.2 Å². The second-order valence-electron chi connectivity index (χ2n) is 5.82. The lowest BCUT2D eigenvalue weighted by atomic mass is 10.2. The average Bonchev–Trinajstić information content (AvgIpc) is 3.12. The Morgan fingerprint density at radius 2 is 2.11 bits per heavy atom. The van der Waals surface area contributed by atoms with E-state index in [9.17, 15) is 18.0 Å². The number of para-hydroxylation sites is 1. The van der Waals surface area contributed by atoms with Crippen LogP contribution in [0, 0.1) is 0 Å². The Bertz CT molecular complexity index is 792. The Hall–Kier alpha value is -2.81. The van der Waals surface area contributed by atoms with Crippen LogP contribution >= 0.6 is 0 Å². The fraction of sp³-hybridized carbons (Fsp3) is 0.333. The first kappa shape index (κ1) is 19.0. The number of carbonyl (C=O) groups is 1. The highest BCUT2D eigenvalue weighted by molar-refractivity contribution is 5.94. The summed E-state index contributed by atoms with van der Waals surface area (Å²) < 4.78 is 52.2. The Morgan fingerprint density at radius 3 is 2.85 bits per heavy atom. The van der Waals surface area contributed by atoms with Gasteiger partial charge in [-0.15, -0.1) is 13.2 Å². The third kappa shape index (κ3) is 5.58. The zero-order valence-corrected chi connectivity index (χ0v) is 14.2. The van der Waals surface area contributed by atoms with Crippen molar-refractivity contribution in [3.63, 3.8) is 0 Å². The highest BCUT2D eigenvalue weighted by Crippen LogP contribution is 2.26. The van der Waals surface area contributed by atoms with Crippen molar-refractivity contribution in [2.75, 3.05) is 13.2 Å². The number of ether oxygens (including phenoxy) is 3. The molecule has 1 aromatic carbocycles. The number of hydrogen-bond donors (Lipinski definition) is 1. The predicted molar refractivity (Wildman–Crippen MR) is 88.4 cm³/mol. The normalized spacial score (nSPS) is 16.8. The lowest BCUT2D eigenvalue weighted by molar-refractivity contribution is -0.274. The van der Waals surface area contributed by atoms with E-state index in [1.54, 1.807) is 6.07 Å². The number of pyridine rings is 1. The molecule has 0 bridgehead atoms. The summed E-state index contributed by atoms with van der Waals surface area (Å²) in [6, 6.07) is 8.59. The number of amides is 1. The van der Waals surface area contributed by atoms with E-state index < -0.39 is 12.3 Å². The van der Waals surface area contributed by atoms with Crippen molar-refractivity contribution in [1.29, 1.82) is 0 Å². The van der Waals surface area contributed by atoms with E-state index in [-0.39, 0.29) is 29.5 Å². The molecule has 1 aliphatic heterocycles. The number of aromatic nitrogens is 1. The van der Waals surface area contributed by atoms with Gasteiger partial charge >= 0.3 is 6.36 Å². The largest absolute Gasteiger partial charge is 0.573 e. The molecule has 1 fully saturated rings. The fourth-order valence-corrected chi connectivity index (χ4v) is 2.54. The van der Waals surface area contributed by atoms with E-state index in [0.717, 1.165) is 6.42 Å². The van der Waals surface area contributed by atoms with Gasteiger partial charge in [0.2, 0.25) is 5.88 Å². The van der Waals surface area contributed by atoms with Crippen molar-refractivity contribution >= 4 is 5.91 Å². The SMILES string of the molecule is O=C(NCc1ccccc1OC(F)(F)F)c1ccnc(O[C@H]2CCOC2)c1. The molecule has 1 aromatic heterocycles. The van der Waals surface area contributed by atoms with Crippen LogP contribution in [0.4, 0.5) is 13.2 Å². The maximum atomic E-state index is 12.5. The number of hydrogen-bond acceptors (Lipinski definition) is 5. The molecular weight excluding hydrogens is 365 g/mol. The van der Waals surface area contributed by atoms with Crippen LogP contribution < -0.4 is 14.8 Å². The second-order valence-corrected chi connectivity index (χ2v) is 5.82. The van der Waals surface area contributed by atoms with E-state index in [4.69, 9.17) is 9.47 Å². The van der Waals surface area contributed by atoms with E-state index in [1.165, 1.54) is 36.5 Å². The van der Waals surface area contributed by atoms with Gasteiger partial charge < -0.3 is 19.5 Å². The zero-order chi connectivity index (χ0) is 19.3. The third-order valence-corrected chi connectivity index (χ3v) is 3.81. The van der Waals surface area contributed by atoms with E-state index in [0.29, 0.717) is 19.1 Å². The van der Waals surface area contributed by atoms with Crippen molar-refractivity contribution in [1.82, 2.24) is 10.3 Å². The molecule has 144 valence electrons. The molecule has 0 saturated carbocycles. The standard InChI is InChI=1S/C18H17F3N2O4/c19-18(20,21)27-15-4-2-1-3-13(15)10-23-17(24)12-5-7-22-16(9-12)26-14-6-8-25-11-14/h1-5,7,9,14H,6,8,10-11H2,(H,23,24)/t14-/m0/s1. The minimum Gasteiger partial charge on any atom is -0.472 e. The summed E-state index contributed by atoms with van der Waals surface area (Å²) in [6.07, 6.45) is -2.74. The molecule has 3 rings (SSSR count). The maximum Gasteiger partial charge on any atom is 0.573 e. The Balaban J connectivity index is 1.63. The molecule has 0 radical (unpaired) electrons. The van der Waals surface area contributed by atoms with Crippen LogP contribution in [0.25, 0.3) is 0 Å². The molecule has 9 heteroatoms. The van der Waals surface area contributed by atoms with Crippen LogP contribution in [0.2, 0.25) is 0 Å². The van der Waals surface area contributed by atoms with Gasteiger partial charge in [0.1, 0.15) is 11.9 Å². The predicted octanol–water partition coefficient (Wildman–Crippen LogP) is 3.08. The fourth-order valence-electron chi connectivity index (χ4n) is 2.54. The summed E-state index contributed by atoms with van der Waals surface area (Å²) in [5, 5.41) is 2.57. The minimum atomic E-state index is -4.80. The van der Waals surface area contributed by atoms with Gasteiger partial charge in [0.25, 0.3) is 5.91 Å². The van der Waals surface area contributed by atoms with Crippen molar-refractivity contribution in [2.24, 2.45) is 0 Å². The number of benzene rings is 1. The summed E-state index contributed by atoms with van der Waals surface area (Å²) in [5.41, 5.74) is 0.491. The lowest BCUT2D eigenvalue weighted by Gasteiger charge is -2.14. The Labute approximate surface area is 153 Å². The summed E-state index contributed by atoms with van der Waals surface area (Å²) in [5.74, 6) is -0.532. The van der Waals surface area contributed by atoms with E-state index in [1.807, 2.05) is 0 Å². The summed E-state index contributed by atoms with van der Waals surface area (Å²) in [7, 11) is 0. The topological polar surface area (TPSA) is 69.7 Å². The third-order valence-electron chi connectivity index (χ3n) is 3.81. The van der Waals surface area contributed by atoms with Gasteiger partial charge in [-0.3, -0.25) is 4.79 Å². The van der Waals surface area contributed by atoms with Gasteiger partial charge in [-0.25, -0.2) is 4.98 Å². The van der Waals surface area contributed by atoms with Crippen molar-refractivity contribution in [3.05, 3.63) is 53.7 Å². The highest BCUT2D eigenvalue weighted by Gasteiger charge is 2.32. The summed E-state index contributed by atoms with van der Waals surface area (Å²) in [6.45, 7) is 0.957. The molecule has 0 unspecified atom stereocenters. The number of alkyl halides is 3. The van der Waals surface area contributed by atoms with Crippen molar-refractivity contribution in [3.8, 4) is 11.6 Å². The molecule has 0 aliphatic carbocycles. The van der Waals surface area contributed by atoms with Crippen LogP contribution in [0.3, 0.4) is 0 Å². The van der Waals surface area contributed by atoms with Crippen LogP contribution in [-0.4, -0.2) is 36.6 Å². The van der Waals surface area contributed by atoms with Crippen molar-refractivity contribution in [2.45, 2.75) is 25.4 Å². The number of nitrogens with one attached hydrogen (secondary N) is 1. The molecule has 6 nitrogen and oxygen atoms in total. The molecule has 1 saturated heterocycles. The summed E-state index contributed by atoms with van der Waals surface area (Å²) in [4.78, 5) is 16.4. The maximum absolute atomic E-state index is 12.5. The van der Waals surface area contributed by atoms with Gasteiger partial charge in [0.15, 0.2) is 0 Å². The Morgan fingerprint density at radius 1 is 1.30 bits per heavy atom. The van der Waals surface area contributed by atoms with Crippen LogP contribution in [0.1, 0.15) is 22.3 Å². The number of nitrogens with zero attached hydrogens (tertiary/aromatic N) is 1. The average molecular weight is 382 g/mol. The molecule has 1 atom stereocenters. The smallest absolute Gasteiger partial charge is 0.472 e. The zero-order valence-electron chi connectivity index (χ0n) is 14.2. The van der Waals surface area contributed by atoms with Crippen LogP contribution in [0.15, 0.2) is 42.6 Å². The van der Waals surface area contributed by atoms with Crippen molar-refractivity contribution < 1.29 is 32.2 Å². The quantitative estimate of drug-likeness (QED) is 0.832. The molecule has 1 aliphatic rings. The molecule has 2 aromatic rings. The van der Waals surface area contributed by atoms with Gasteiger partial charge in [0, 0.05) is 36.4 Å². The van der Waals surface area contributed by atoms with Gasteiger partial charge in [-0.2, -0.15) is 0 Å². The number of rotatable bonds is 6. The number of halogens is 3. The molecule has 1 amide bonds. The number of carbonyl (C=O) groups excluding carboxylic acids is 1. The molecule has 2 heterocycles. The first-order chi connectivity index (χ1) is 12.9. The first-order valence-corrected chi connectivity index (χ1v) is 8.23. The van der Waals surface area contributed by atoms with Gasteiger partial charge in [-0.05, 0) is 12.1 Å². The molecular formula is C18H17F3N2O4. The Kier molecular flexibility index (Phi) is 5.80. The first-order valence-electron chi connectivity index (χ1n) is 8.23.